The van der Waals surface area contributed by atoms with Crippen LogP contribution in [0.5, 0.6) is 0 Å². The number of amides is 2. The number of hydrogen-bond donors (Lipinski definition) is 5. The van der Waals surface area contributed by atoms with Crippen molar-refractivity contribution in [2.24, 2.45) is 0 Å². The number of fused-ring (bicyclic) bond motifs is 1. The lowest BCUT2D eigenvalue weighted by Gasteiger charge is -2.16. The second-order valence-electron chi connectivity index (χ2n) is 6.02. The van der Waals surface area contributed by atoms with Crippen LogP contribution in [-0.4, -0.2) is 50.2 Å². The van der Waals surface area contributed by atoms with Crippen LogP contribution in [-0.2, 0) is 4.79 Å². The maximum absolute atomic E-state index is 11.1. The van der Waals surface area contributed by atoms with Gasteiger partial charge in [0, 0.05) is 29.2 Å². The molecule has 0 aromatic carbocycles. The minimum absolute atomic E-state index is 0.0640. The number of hydrogen-bond acceptors (Lipinski definition) is 5. The Morgan fingerprint density at radius 1 is 1.28 bits per heavy atom. The number of H-pyrrole nitrogens is 2. The van der Waals surface area contributed by atoms with Gasteiger partial charge >= 0.3 is 17.7 Å². The molecule has 3 heterocycles. The first-order chi connectivity index (χ1) is 11.9. The Hall–Kier alpha value is -2.23. The number of thioether (sulfide) groups is 1. The molecule has 2 fully saturated rings. The highest BCUT2D eigenvalue weighted by Crippen LogP contribution is 2.33. The normalized spacial score (nSPS) is 23.9. The Kier molecular flexibility index (Phi) is 6.68. The van der Waals surface area contributed by atoms with Crippen molar-refractivity contribution in [3.8, 4) is 0 Å². The van der Waals surface area contributed by atoms with Crippen molar-refractivity contribution in [3.63, 3.8) is 0 Å². The number of aliphatic carboxylic acids is 1. The van der Waals surface area contributed by atoms with E-state index in [0.717, 1.165) is 25.0 Å². The van der Waals surface area contributed by atoms with E-state index in [4.69, 9.17) is 5.11 Å². The number of aryl methyl sites for hydroxylation is 1. The van der Waals surface area contributed by atoms with Gasteiger partial charge in [0.15, 0.2) is 0 Å². The minimum Gasteiger partial charge on any atom is -0.481 e. The van der Waals surface area contributed by atoms with Crippen LogP contribution in [0.15, 0.2) is 15.8 Å². The third kappa shape index (κ3) is 5.66. The van der Waals surface area contributed by atoms with Gasteiger partial charge in [0.25, 0.3) is 5.56 Å². The summed E-state index contributed by atoms with van der Waals surface area (Å²) < 4.78 is 0. The molecule has 1 aromatic rings. The summed E-state index contributed by atoms with van der Waals surface area (Å²) in [5, 5.41) is 14.8. The number of carbonyl (C=O) groups excluding carboxylic acids is 1. The standard InChI is InChI=1S/C10H16N2O3S.C5H6N2O2/c13-8(14)4-2-1-3-7-9-6(5-16-7)11-10(15)12-9;1-3-2-6-5(9)7-4(3)8/h6-7,9H,1-5H2,(H,13,14)(H2,11,12,15);2H,1H3,(H2,6,7,8,9)/t6-,7-,9-;/m0./s1. The molecule has 0 saturated carbocycles. The molecule has 0 bridgehead atoms. The predicted octanol–water partition coefficient (Wildman–Crippen LogP) is 0.168. The highest BCUT2D eigenvalue weighted by molar-refractivity contribution is 8.00. The Labute approximate surface area is 148 Å². The SMILES string of the molecule is Cc1c[nH]c(=O)[nH]c1=O.O=C(O)CCCC[C@@H]1SC[C@@H]2NC(=O)N[C@@H]21. The summed E-state index contributed by atoms with van der Waals surface area (Å²) in [6.45, 7) is 1.62. The Morgan fingerprint density at radius 3 is 2.68 bits per heavy atom. The van der Waals surface area contributed by atoms with Gasteiger partial charge < -0.3 is 20.7 Å². The zero-order valence-electron chi connectivity index (χ0n) is 13.8. The van der Waals surface area contributed by atoms with Crippen molar-refractivity contribution in [1.82, 2.24) is 20.6 Å². The Balaban J connectivity index is 0.000000212. The average Bonchev–Trinajstić information content (AvgIpc) is 3.08. The Bertz CT molecular complexity index is 731. The molecule has 3 atom stereocenters. The zero-order chi connectivity index (χ0) is 18.4. The molecule has 0 aliphatic carbocycles. The van der Waals surface area contributed by atoms with Gasteiger partial charge in [0.1, 0.15) is 0 Å². The highest BCUT2D eigenvalue weighted by atomic mass is 32.2. The number of aromatic amines is 2. The Morgan fingerprint density at radius 2 is 2.04 bits per heavy atom. The van der Waals surface area contributed by atoms with Crippen LogP contribution in [0.3, 0.4) is 0 Å². The number of carboxylic acids is 1. The van der Waals surface area contributed by atoms with Gasteiger partial charge in [0.05, 0.1) is 12.1 Å². The maximum Gasteiger partial charge on any atom is 0.325 e. The number of unbranched alkanes of at least 4 members (excludes halogenated alkanes) is 1. The van der Waals surface area contributed by atoms with Crippen molar-refractivity contribution in [3.05, 3.63) is 32.6 Å². The van der Waals surface area contributed by atoms with E-state index in [2.05, 4.69) is 20.6 Å². The van der Waals surface area contributed by atoms with E-state index < -0.39 is 11.7 Å². The topological polar surface area (TPSA) is 144 Å². The quantitative estimate of drug-likeness (QED) is 0.369. The van der Waals surface area contributed by atoms with Crippen molar-refractivity contribution in [1.29, 1.82) is 0 Å². The van der Waals surface area contributed by atoms with E-state index in [9.17, 15) is 19.2 Å². The molecule has 2 amide bonds. The molecule has 138 valence electrons. The fourth-order valence-electron chi connectivity index (χ4n) is 2.74. The molecule has 0 radical (unpaired) electrons. The molecule has 5 N–H and O–H groups in total. The molecule has 1 aromatic heterocycles. The van der Waals surface area contributed by atoms with E-state index >= 15 is 0 Å². The van der Waals surface area contributed by atoms with Crippen molar-refractivity contribution in [2.75, 3.05) is 5.75 Å². The monoisotopic (exact) mass is 370 g/mol. The summed E-state index contributed by atoms with van der Waals surface area (Å²) in [5.74, 6) is 0.236. The number of urea groups is 1. The first-order valence-electron chi connectivity index (χ1n) is 8.06. The van der Waals surface area contributed by atoms with E-state index in [0.29, 0.717) is 10.8 Å². The first-order valence-corrected chi connectivity index (χ1v) is 9.10. The maximum atomic E-state index is 11.1. The van der Waals surface area contributed by atoms with Crippen LogP contribution >= 0.6 is 11.8 Å². The highest BCUT2D eigenvalue weighted by Gasteiger charge is 2.42. The van der Waals surface area contributed by atoms with Gasteiger partial charge in [-0.3, -0.25) is 14.6 Å². The van der Waals surface area contributed by atoms with Crippen LogP contribution in [0.25, 0.3) is 0 Å². The molecule has 2 saturated heterocycles. The number of aromatic nitrogens is 2. The van der Waals surface area contributed by atoms with Crippen molar-refractivity contribution >= 4 is 23.8 Å². The lowest BCUT2D eigenvalue weighted by atomic mass is 10.0. The fourth-order valence-corrected chi connectivity index (χ4v) is 4.29. The van der Waals surface area contributed by atoms with E-state index in [1.165, 1.54) is 6.20 Å². The van der Waals surface area contributed by atoms with Gasteiger partial charge in [-0.2, -0.15) is 11.8 Å². The number of rotatable bonds is 5. The molecule has 0 unspecified atom stereocenters. The summed E-state index contributed by atoms with van der Waals surface area (Å²) in [7, 11) is 0. The van der Waals surface area contributed by atoms with E-state index in [1.54, 1.807) is 6.92 Å². The second kappa shape index (κ2) is 8.75. The third-order valence-electron chi connectivity index (χ3n) is 4.07. The van der Waals surface area contributed by atoms with Crippen LogP contribution in [0.1, 0.15) is 31.2 Å². The van der Waals surface area contributed by atoms with Gasteiger partial charge in [-0.15, -0.1) is 0 Å². The van der Waals surface area contributed by atoms with Crippen molar-refractivity contribution in [2.45, 2.75) is 49.9 Å². The minimum atomic E-state index is -0.729. The summed E-state index contributed by atoms with van der Waals surface area (Å²) in [6.07, 6.45) is 4.26. The molecule has 3 rings (SSSR count). The molecule has 2 aliphatic rings. The molecule has 25 heavy (non-hydrogen) atoms. The smallest absolute Gasteiger partial charge is 0.325 e. The molecular weight excluding hydrogens is 348 g/mol. The molecule has 0 spiro atoms. The van der Waals surface area contributed by atoms with Gasteiger partial charge in [0.2, 0.25) is 0 Å². The van der Waals surface area contributed by atoms with Crippen LogP contribution < -0.4 is 21.9 Å². The average molecular weight is 370 g/mol. The van der Waals surface area contributed by atoms with Gasteiger partial charge in [-0.1, -0.05) is 6.42 Å². The summed E-state index contributed by atoms with van der Waals surface area (Å²) in [6, 6.07) is 0.440. The lowest BCUT2D eigenvalue weighted by Crippen LogP contribution is -2.36. The van der Waals surface area contributed by atoms with Crippen LogP contribution in [0, 0.1) is 6.92 Å². The molecule has 9 nitrogen and oxygen atoms in total. The summed E-state index contributed by atoms with van der Waals surface area (Å²) >= 11 is 1.87. The van der Waals surface area contributed by atoms with Crippen LogP contribution in [0.4, 0.5) is 4.79 Å². The third-order valence-corrected chi connectivity index (χ3v) is 5.58. The van der Waals surface area contributed by atoms with E-state index in [-0.39, 0.29) is 30.1 Å². The number of carbonyl (C=O) groups is 2. The molecule has 10 heteroatoms. The van der Waals surface area contributed by atoms with Gasteiger partial charge in [-0.25, -0.2) is 9.59 Å². The largest absolute Gasteiger partial charge is 0.481 e. The number of carboxylic acid groups (broad SMARTS) is 1. The summed E-state index contributed by atoms with van der Waals surface area (Å²) in [4.78, 5) is 46.8. The van der Waals surface area contributed by atoms with Crippen LogP contribution in [0.2, 0.25) is 0 Å². The van der Waals surface area contributed by atoms with Crippen molar-refractivity contribution < 1.29 is 14.7 Å². The fraction of sp³-hybridized carbons (Fsp3) is 0.600. The number of nitrogens with one attached hydrogen (secondary N) is 4. The summed E-state index contributed by atoms with van der Waals surface area (Å²) in [5.41, 5.74) is -0.293. The lowest BCUT2D eigenvalue weighted by molar-refractivity contribution is -0.137. The van der Waals surface area contributed by atoms with E-state index in [1.807, 2.05) is 11.8 Å². The molecule has 2 aliphatic heterocycles. The second-order valence-corrected chi connectivity index (χ2v) is 7.29. The molecular formula is C15H22N4O5S. The predicted molar refractivity (Wildman–Crippen MR) is 94.0 cm³/mol. The zero-order valence-corrected chi connectivity index (χ0v) is 14.6. The first kappa shape index (κ1) is 19.1. The van der Waals surface area contributed by atoms with Gasteiger partial charge in [-0.05, 0) is 19.8 Å².